The maximum Gasteiger partial charge on any atom is 0.241 e. The van der Waals surface area contributed by atoms with Crippen LogP contribution in [0.15, 0.2) is 18.2 Å². The van der Waals surface area contributed by atoms with Gasteiger partial charge in [0, 0.05) is 18.1 Å². The van der Waals surface area contributed by atoms with Gasteiger partial charge in [0.2, 0.25) is 5.91 Å². The standard InChI is InChI=1S/C16H22Cl2N2O/c1-10-6-11(2)9-20(8-10)12(3)16(21)19-15-7-13(17)4-5-14(15)18/h4-5,7,10-12H,6,8-9H2,1-3H3,(H,19,21)/t10-,11-,12+/m1/s1. The molecule has 0 spiro atoms. The molecule has 3 atom stereocenters. The van der Waals surface area contributed by atoms with E-state index in [-0.39, 0.29) is 11.9 Å². The molecule has 1 N–H and O–H groups in total. The lowest BCUT2D eigenvalue weighted by atomic mass is 9.91. The highest BCUT2D eigenvalue weighted by molar-refractivity contribution is 6.35. The zero-order valence-corrected chi connectivity index (χ0v) is 14.2. The summed E-state index contributed by atoms with van der Waals surface area (Å²) in [5.41, 5.74) is 0.569. The van der Waals surface area contributed by atoms with Crippen molar-refractivity contribution in [1.82, 2.24) is 4.90 Å². The summed E-state index contributed by atoms with van der Waals surface area (Å²) in [7, 11) is 0. The van der Waals surface area contributed by atoms with E-state index in [0.717, 1.165) is 13.1 Å². The first kappa shape index (κ1) is 16.6. The van der Waals surface area contributed by atoms with E-state index in [1.165, 1.54) is 6.42 Å². The van der Waals surface area contributed by atoms with Gasteiger partial charge in [-0.15, -0.1) is 0 Å². The minimum atomic E-state index is -0.176. The molecule has 1 aromatic rings. The van der Waals surface area contributed by atoms with E-state index in [2.05, 4.69) is 24.1 Å². The van der Waals surface area contributed by atoms with Crippen molar-refractivity contribution in [3.63, 3.8) is 0 Å². The summed E-state index contributed by atoms with van der Waals surface area (Å²) >= 11 is 12.0. The quantitative estimate of drug-likeness (QED) is 0.897. The third-order valence-corrected chi connectivity index (χ3v) is 4.58. The number of piperidine rings is 1. The van der Waals surface area contributed by atoms with E-state index in [0.29, 0.717) is 27.6 Å². The van der Waals surface area contributed by atoms with Crippen LogP contribution in [0.3, 0.4) is 0 Å². The zero-order chi connectivity index (χ0) is 15.6. The number of nitrogens with zero attached hydrogens (tertiary/aromatic N) is 1. The summed E-state index contributed by atoms with van der Waals surface area (Å²) in [5, 5.41) is 3.94. The molecule has 5 heteroatoms. The smallest absolute Gasteiger partial charge is 0.241 e. The van der Waals surface area contributed by atoms with Crippen LogP contribution in [0.1, 0.15) is 27.2 Å². The molecule has 0 aromatic heterocycles. The lowest BCUT2D eigenvalue weighted by Crippen LogP contribution is -2.48. The second-order valence-electron chi connectivity index (χ2n) is 6.19. The van der Waals surface area contributed by atoms with Gasteiger partial charge >= 0.3 is 0 Å². The lowest BCUT2D eigenvalue weighted by molar-refractivity contribution is -0.121. The molecular formula is C16H22Cl2N2O. The van der Waals surface area contributed by atoms with Gasteiger partial charge in [-0.1, -0.05) is 37.0 Å². The number of anilines is 1. The van der Waals surface area contributed by atoms with E-state index in [1.54, 1.807) is 18.2 Å². The van der Waals surface area contributed by atoms with Crippen molar-refractivity contribution in [3.05, 3.63) is 28.2 Å². The largest absolute Gasteiger partial charge is 0.323 e. The SMILES string of the molecule is C[C@@H]1C[C@@H](C)CN([C@@H](C)C(=O)Nc2cc(Cl)ccc2Cl)C1. The molecular weight excluding hydrogens is 307 g/mol. The van der Waals surface area contributed by atoms with Crippen molar-refractivity contribution in [3.8, 4) is 0 Å². The molecule has 0 bridgehead atoms. The fraction of sp³-hybridized carbons (Fsp3) is 0.562. The Bertz CT molecular complexity index is 511. The molecule has 0 radical (unpaired) electrons. The van der Waals surface area contributed by atoms with Crippen molar-refractivity contribution in [1.29, 1.82) is 0 Å². The van der Waals surface area contributed by atoms with Crippen LogP contribution in [0.5, 0.6) is 0 Å². The van der Waals surface area contributed by atoms with E-state index < -0.39 is 0 Å². The first-order chi connectivity index (χ1) is 9.86. The number of rotatable bonds is 3. The van der Waals surface area contributed by atoms with Gasteiger partial charge in [-0.2, -0.15) is 0 Å². The van der Waals surface area contributed by atoms with Gasteiger partial charge < -0.3 is 5.32 Å². The summed E-state index contributed by atoms with van der Waals surface area (Å²) in [4.78, 5) is 14.7. The summed E-state index contributed by atoms with van der Waals surface area (Å²) in [5.74, 6) is 1.21. The summed E-state index contributed by atoms with van der Waals surface area (Å²) in [6, 6.07) is 4.90. The predicted molar refractivity (Wildman–Crippen MR) is 89.1 cm³/mol. The number of carbonyl (C=O) groups excluding carboxylic acids is 1. The third kappa shape index (κ3) is 4.35. The number of hydrogen-bond acceptors (Lipinski definition) is 2. The highest BCUT2D eigenvalue weighted by atomic mass is 35.5. The average Bonchev–Trinajstić information content (AvgIpc) is 2.41. The van der Waals surface area contributed by atoms with Crippen LogP contribution in [0.25, 0.3) is 0 Å². The van der Waals surface area contributed by atoms with Crippen LogP contribution in [0.4, 0.5) is 5.69 Å². The number of nitrogens with one attached hydrogen (secondary N) is 1. The topological polar surface area (TPSA) is 32.3 Å². The number of amides is 1. The second-order valence-corrected chi connectivity index (χ2v) is 7.03. The summed E-state index contributed by atoms with van der Waals surface area (Å²) < 4.78 is 0. The van der Waals surface area contributed by atoms with Crippen LogP contribution < -0.4 is 5.32 Å². The Balaban J connectivity index is 2.04. The summed E-state index contributed by atoms with van der Waals surface area (Å²) in [6.07, 6.45) is 1.23. The van der Waals surface area contributed by atoms with E-state index >= 15 is 0 Å². The number of carbonyl (C=O) groups is 1. The second kappa shape index (κ2) is 6.99. The fourth-order valence-corrected chi connectivity index (χ4v) is 3.36. The normalized spacial score (nSPS) is 24.6. The molecule has 1 heterocycles. The molecule has 0 aliphatic carbocycles. The van der Waals surface area contributed by atoms with Gasteiger partial charge in [-0.25, -0.2) is 0 Å². The number of halogens is 2. The Hall–Kier alpha value is -0.770. The van der Waals surface area contributed by atoms with Crippen molar-refractivity contribution >= 4 is 34.8 Å². The zero-order valence-electron chi connectivity index (χ0n) is 12.7. The molecule has 1 amide bonds. The van der Waals surface area contributed by atoms with Gasteiger partial charge in [-0.05, 0) is 43.4 Å². The number of likely N-dealkylation sites (tertiary alicyclic amines) is 1. The Morgan fingerprint density at radius 2 is 1.90 bits per heavy atom. The lowest BCUT2D eigenvalue weighted by Gasteiger charge is -2.38. The van der Waals surface area contributed by atoms with Gasteiger partial charge in [-0.3, -0.25) is 9.69 Å². The predicted octanol–water partition coefficient (Wildman–Crippen LogP) is 4.30. The first-order valence-corrected chi connectivity index (χ1v) is 8.12. The van der Waals surface area contributed by atoms with Crippen LogP contribution in [0, 0.1) is 11.8 Å². The van der Waals surface area contributed by atoms with E-state index in [4.69, 9.17) is 23.2 Å². The number of hydrogen-bond donors (Lipinski definition) is 1. The van der Waals surface area contributed by atoms with Crippen molar-refractivity contribution in [2.24, 2.45) is 11.8 Å². The van der Waals surface area contributed by atoms with Crippen molar-refractivity contribution < 1.29 is 4.79 Å². The molecule has 116 valence electrons. The molecule has 3 nitrogen and oxygen atoms in total. The highest BCUT2D eigenvalue weighted by Gasteiger charge is 2.29. The van der Waals surface area contributed by atoms with Crippen LogP contribution in [-0.4, -0.2) is 29.9 Å². The molecule has 1 aliphatic heterocycles. The molecule has 0 saturated carbocycles. The third-order valence-electron chi connectivity index (χ3n) is 4.01. The minimum Gasteiger partial charge on any atom is -0.323 e. The van der Waals surface area contributed by atoms with Crippen molar-refractivity contribution in [2.75, 3.05) is 18.4 Å². The minimum absolute atomic E-state index is 0.0412. The average molecular weight is 329 g/mol. The maximum atomic E-state index is 12.4. The number of benzene rings is 1. The highest BCUT2D eigenvalue weighted by Crippen LogP contribution is 2.27. The van der Waals surface area contributed by atoms with Gasteiger partial charge in [0.1, 0.15) is 0 Å². The van der Waals surface area contributed by atoms with Gasteiger partial charge in [0.15, 0.2) is 0 Å². The molecule has 1 aromatic carbocycles. The van der Waals surface area contributed by atoms with Crippen LogP contribution in [0.2, 0.25) is 10.0 Å². The Kier molecular flexibility index (Phi) is 5.53. The van der Waals surface area contributed by atoms with Gasteiger partial charge in [0.25, 0.3) is 0 Å². The molecule has 0 unspecified atom stereocenters. The first-order valence-electron chi connectivity index (χ1n) is 7.36. The van der Waals surface area contributed by atoms with E-state index in [1.807, 2.05) is 6.92 Å². The van der Waals surface area contributed by atoms with Crippen molar-refractivity contribution in [2.45, 2.75) is 33.2 Å². The summed E-state index contributed by atoms with van der Waals surface area (Å²) in [6.45, 7) is 8.34. The fourth-order valence-electron chi connectivity index (χ4n) is 3.02. The van der Waals surface area contributed by atoms with Gasteiger partial charge in [0.05, 0.1) is 16.8 Å². The Labute approximate surface area is 136 Å². The monoisotopic (exact) mass is 328 g/mol. The van der Waals surface area contributed by atoms with Crippen LogP contribution in [-0.2, 0) is 4.79 Å². The molecule has 21 heavy (non-hydrogen) atoms. The Morgan fingerprint density at radius 1 is 1.29 bits per heavy atom. The molecule has 2 rings (SSSR count). The van der Waals surface area contributed by atoms with Crippen LogP contribution >= 0.6 is 23.2 Å². The molecule has 1 saturated heterocycles. The molecule has 1 fully saturated rings. The maximum absolute atomic E-state index is 12.4. The Morgan fingerprint density at radius 3 is 2.52 bits per heavy atom. The van der Waals surface area contributed by atoms with E-state index in [9.17, 15) is 4.79 Å². The molecule has 1 aliphatic rings.